The van der Waals surface area contributed by atoms with Gasteiger partial charge in [-0.2, -0.15) is 0 Å². The molecule has 0 saturated carbocycles. The molecule has 0 aliphatic carbocycles. The first-order valence-electron chi connectivity index (χ1n) is 7.84. The predicted molar refractivity (Wildman–Crippen MR) is 96.1 cm³/mol. The van der Waals surface area contributed by atoms with E-state index >= 15 is 0 Å². The number of rotatable bonds is 5. The van der Waals surface area contributed by atoms with Gasteiger partial charge in [-0.05, 0) is 47.7 Å². The monoisotopic (exact) mass is 358 g/mol. The van der Waals surface area contributed by atoms with Crippen LogP contribution in [0.3, 0.4) is 0 Å². The molecule has 128 valence electrons. The number of carbonyl (C=O) groups is 1. The van der Waals surface area contributed by atoms with Crippen LogP contribution in [0.1, 0.15) is 17.5 Å². The van der Waals surface area contributed by atoms with Crippen molar-refractivity contribution in [3.8, 4) is 0 Å². The predicted octanol–water partition coefficient (Wildman–Crippen LogP) is 3.57. The third-order valence-electron chi connectivity index (χ3n) is 3.94. The zero-order valence-corrected chi connectivity index (χ0v) is 14.1. The number of amides is 1. The topological polar surface area (TPSA) is 62.0 Å². The van der Waals surface area contributed by atoms with E-state index < -0.39 is 5.82 Å². The molecule has 2 N–H and O–H groups in total. The van der Waals surface area contributed by atoms with E-state index in [2.05, 4.69) is 10.3 Å². The molecule has 0 radical (unpaired) electrons. The number of aryl methyl sites for hydroxylation is 1. The lowest BCUT2D eigenvalue weighted by Gasteiger charge is -2.07. The molecule has 1 aromatic heterocycles. The van der Waals surface area contributed by atoms with Crippen LogP contribution in [0.5, 0.6) is 0 Å². The second kappa shape index (κ2) is 7.49. The SMILES string of the molecule is O=C(CCc1cc2ccc(F)cc2[nH]c1=O)NCc1ccccc1Cl. The largest absolute Gasteiger partial charge is 0.352 e. The van der Waals surface area contributed by atoms with E-state index in [0.717, 1.165) is 10.9 Å². The minimum atomic E-state index is -0.408. The van der Waals surface area contributed by atoms with Crippen LogP contribution >= 0.6 is 11.6 Å². The van der Waals surface area contributed by atoms with Gasteiger partial charge in [0.25, 0.3) is 5.56 Å². The van der Waals surface area contributed by atoms with Gasteiger partial charge in [-0.1, -0.05) is 29.8 Å². The van der Waals surface area contributed by atoms with Gasteiger partial charge in [-0.3, -0.25) is 9.59 Å². The number of pyridine rings is 1. The van der Waals surface area contributed by atoms with Gasteiger partial charge in [0.1, 0.15) is 5.82 Å². The second-order valence-electron chi connectivity index (χ2n) is 5.72. The van der Waals surface area contributed by atoms with Gasteiger partial charge in [0.15, 0.2) is 0 Å². The van der Waals surface area contributed by atoms with Crippen molar-refractivity contribution in [2.45, 2.75) is 19.4 Å². The fourth-order valence-electron chi connectivity index (χ4n) is 2.58. The van der Waals surface area contributed by atoms with Gasteiger partial charge in [-0.15, -0.1) is 0 Å². The van der Waals surface area contributed by atoms with Crippen molar-refractivity contribution in [1.82, 2.24) is 10.3 Å². The van der Waals surface area contributed by atoms with Crippen LogP contribution in [0, 0.1) is 5.82 Å². The van der Waals surface area contributed by atoms with E-state index in [-0.39, 0.29) is 17.9 Å². The zero-order chi connectivity index (χ0) is 17.8. The third kappa shape index (κ3) is 4.25. The Bertz CT molecular complexity index is 985. The highest BCUT2D eigenvalue weighted by Gasteiger charge is 2.08. The van der Waals surface area contributed by atoms with Gasteiger partial charge in [0.2, 0.25) is 5.91 Å². The van der Waals surface area contributed by atoms with Gasteiger partial charge < -0.3 is 10.3 Å². The van der Waals surface area contributed by atoms with E-state index in [9.17, 15) is 14.0 Å². The van der Waals surface area contributed by atoms with E-state index in [1.54, 1.807) is 18.2 Å². The molecule has 0 atom stereocenters. The number of H-pyrrole nitrogens is 1. The standard InChI is InChI=1S/C19H16ClFN2O2/c20-16-4-2-1-3-14(16)11-22-18(24)8-6-13-9-12-5-7-15(21)10-17(12)23-19(13)25/h1-5,7,9-10H,6,8,11H2,(H,22,24)(H,23,25). The van der Waals surface area contributed by atoms with Crippen molar-refractivity contribution < 1.29 is 9.18 Å². The molecule has 0 saturated heterocycles. The van der Waals surface area contributed by atoms with Gasteiger partial charge >= 0.3 is 0 Å². The van der Waals surface area contributed by atoms with E-state index in [1.807, 2.05) is 18.2 Å². The van der Waals surface area contributed by atoms with E-state index in [4.69, 9.17) is 11.6 Å². The molecule has 3 rings (SSSR count). The summed E-state index contributed by atoms with van der Waals surface area (Å²) in [6.45, 7) is 0.339. The van der Waals surface area contributed by atoms with Crippen LogP contribution < -0.4 is 10.9 Å². The Kier molecular flexibility index (Phi) is 5.14. The average Bonchev–Trinajstić information content (AvgIpc) is 2.59. The molecule has 0 fully saturated rings. The Hall–Kier alpha value is -2.66. The second-order valence-corrected chi connectivity index (χ2v) is 6.13. The molecule has 6 heteroatoms. The average molecular weight is 359 g/mol. The highest BCUT2D eigenvalue weighted by molar-refractivity contribution is 6.31. The number of aromatic amines is 1. The normalized spacial score (nSPS) is 10.8. The number of aromatic nitrogens is 1. The molecule has 0 aliphatic heterocycles. The van der Waals surface area contributed by atoms with Crippen molar-refractivity contribution in [3.63, 3.8) is 0 Å². The molecule has 0 unspecified atom stereocenters. The number of benzene rings is 2. The Labute approximate surface area is 148 Å². The summed E-state index contributed by atoms with van der Waals surface area (Å²) < 4.78 is 13.2. The zero-order valence-electron chi connectivity index (χ0n) is 13.3. The van der Waals surface area contributed by atoms with Crippen LogP contribution in [0.4, 0.5) is 4.39 Å². The smallest absolute Gasteiger partial charge is 0.251 e. The summed E-state index contributed by atoms with van der Waals surface area (Å²) in [4.78, 5) is 26.7. The molecule has 1 heterocycles. The summed E-state index contributed by atoms with van der Waals surface area (Å²) in [5.41, 5.74) is 1.46. The number of fused-ring (bicyclic) bond motifs is 1. The molecule has 0 bridgehead atoms. The van der Waals surface area contributed by atoms with Crippen molar-refractivity contribution in [1.29, 1.82) is 0 Å². The van der Waals surface area contributed by atoms with Crippen molar-refractivity contribution >= 4 is 28.4 Å². The molecule has 4 nitrogen and oxygen atoms in total. The summed E-state index contributed by atoms with van der Waals surface area (Å²) in [6.07, 6.45) is 0.483. The van der Waals surface area contributed by atoms with Gasteiger partial charge in [-0.25, -0.2) is 4.39 Å². The van der Waals surface area contributed by atoms with Crippen LogP contribution in [0.2, 0.25) is 5.02 Å². The van der Waals surface area contributed by atoms with Gasteiger partial charge in [0, 0.05) is 23.6 Å². The molecule has 0 spiro atoms. The molecule has 3 aromatic rings. The summed E-state index contributed by atoms with van der Waals surface area (Å²) in [5, 5.41) is 4.12. The lowest BCUT2D eigenvalue weighted by molar-refractivity contribution is -0.121. The fourth-order valence-corrected chi connectivity index (χ4v) is 2.78. The van der Waals surface area contributed by atoms with Crippen LogP contribution in [0.25, 0.3) is 10.9 Å². The highest BCUT2D eigenvalue weighted by atomic mass is 35.5. The number of carbonyl (C=O) groups excluding carboxylic acids is 1. The van der Waals surface area contributed by atoms with E-state index in [1.165, 1.54) is 12.1 Å². The first-order chi connectivity index (χ1) is 12.0. The number of hydrogen-bond donors (Lipinski definition) is 2. The third-order valence-corrected chi connectivity index (χ3v) is 4.31. The Morgan fingerprint density at radius 3 is 2.72 bits per heavy atom. The molecule has 0 aliphatic rings. The maximum absolute atomic E-state index is 13.2. The Balaban J connectivity index is 1.63. The lowest BCUT2D eigenvalue weighted by atomic mass is 10.1. The minimum absolute atomic E-state index is 0.168. The molecular formula is C19H16ClFN2O2. The minimum Gasteiger partial charge on any atom is -0.352 e. The lowest BCUT2D eigenvalue weighted by Crippen LogP contribution is -2.24. The summed E-state index contributed by atoms with van der Waals surface area (Å²) in [5.74, 6) is -0.576. The van der Waals surface area contributed by atoms with Crippen molar-refractivity contribution in [2.75, 3.05) is 0 Å². The summed E-state index contributed by atoms with van der Waals surface area (Å²) >= 11 is 6.04. The molecular weight excluding hydrogens is 343 g/mol. The maximum Gasteiger partial charge on any atom is 0.251 e. The first-order valence-corrected chi connectivity index (χ1v) is 8.22. The summed E-state index contributed by atoms with van der Waals surface area (Å²) in [7, 11) is 0. The Morgan fingerprint density at radius 1 is 1.12 bits per heavy atom. The fraction of sp³-hybridized carbons (Fsp3) is 0.158. The van der Waals surface area contributed by atoms with Crippen molar-refractivity contribution in [2.24, 2.45) is 0 Å². The highest BCUT2D eigenvalue weighted by Crippen LogP contribution is 2.15. The van der Waals surface area contributed by atoms with Crippen LogP contribution in [-0.2, 0) is 17.8 Å². The van der Waals surface area contributed by atoms with E-state index in [0.29, 0.717) is 29.1 Å². The van der Waals surface area contributed by atoms with Crippen LogP contribution in [-0.4, -0.2) is 10.9 Å². The quantitative estimate of drug-likeness (QED) is 0.732. The summed E-state index contributed by atoms with van der Waals surface area (Å²) in [6, 6.07) is 13.2. The Morgan fingerprint density at radius 2 is 1.92 bits per heavy atom. The first kappa shape index (κ1) is 17.2. The molecule has 1 amide bonds. The van der Waals surface area contributed by atoms with Crippen LogP contribution in [0.15, 0.2) is 53.3 Å². The number of halogens is 2. The molecule has 25 heavy (non-hydrogen) atoms. The number of hydrogen-bond acceptors (Lipinski definition) is 2. The van der Waals surface area contributed by atoms with Gasteiger partial charge in [0.05, 0.1) is 5.52 Å². The molecule has 2 aromatic carbocycles. The number of nitrogens with one attached hydrogen (secondary N) is 2. The maximum atomic E-state index is 13.2. The van der Waals surface area contributed by atoms with Crippen molar-refractivity contribution in [3.05, 3.63) is 80.9 Å².